The first-order valence-corrected chi connectivity index (χ1v) is 31.0. The summed E-state index contributed by atoms with van der Waals surface area (Å²) in [6.45, 7) is 19.8. The molecule has 4 aromatic carbocycles. The molecule has 374 valence electrons. The highest BCUT2D eigenvalue weighted by Gasteiger charge is 2.59. The number of anilines is 1. The Morgan fingerprint density at radius 2 is 1.51 bits per heavy atom. The predicted octanol–water partition coefficient (Wildman–Crippen LogP) is 12.3. The number of nitrogens with one attached hydrogen (secondary N) is 1. The summed E-state index contributed by atoms with van der Waals surface area (Å²) in [5.41, 5.74) is 0.811. The Morgan fingerprint density at radius 3 is 2.10 bits per heavy atom. The number of ether oxygens (including phenoxy) is 4. The van der Waals surface area contributed by atoms with Crippen molar-refractivity contribution < 1.29 is 37.2 Å². The van der Waals surface area contributed by atoms with Crippen LogP contribution in [0.4, 0.5) is 5.82 Å². The number of benzene rings is 4. The summed E-state index contributed by atoms with van der Waals surface area (Å²) in [7, 11) is 0.666. The number of nitrogens with zero attached hydrogens (tertiary/aromatic N) is 4. The summed E-state index contributed by atoms with van der Waals surface area (Å²) >= 11 is 8.29. The highest BCUT2D eigenvalue weighted by atomic mass is 32.9. The van der Waals surface area contributed by atoms with Gasteiger partial charge in [0.1, 0.15) is 41.7 Å². The van der Waals surface area contributed by atoms with Gasteiger partial charge in [0, 0.05) is 10.3 Å². The number of imidazole rings is 1. The highest BCUT2D eigenvalue weighted by molar-refractivity contribution is 8.68. The molecule has 2 aliphatic heterocycles. The lowest BCUT2D eigenvalue weighted by atomic mass is 9.77. The van der Waals surface area contributed by atoms with E-state index in [4.69, 9.17) is 54.2 Å². The van der Waals surface area contributed by atoms with E-state index in [2.05, 4.69) is 76.7 Å². The van der Waals surface area contributed by atoms with Gasteiger partial charge in [0.05, 0.1) is 33.3 Å². The third-order valence-electron chi connectivity index (χ3n) is 14.8. The third kappa shape index (κ3) is 10.2. The van der Waals surface area contributed by atoms with Crippen molar-refractivity contribution in [2.75, 3.05) is 26.1 Å². The quantitative estimate of drug-likeness (QED) is 0.0426. The van der Waals surface area contributed by atoms with Gasteiger partial charge in [0.25, 0.3) is 5.91 Å². The molecule has 0 unspecified atom stereocenters. The topological polar surface area (TPSA) is 137 Å². The van der Waals surface area contributed by atoms with E-state index in [1.165, 1.54) is 6.33 Å². The number of fused-ring (bicyclic) bond motifs is 2. The van der Waals surface area contributed by atoms with Crippen LogP contribution in [0.1, 0.15) is 87.2 Å². The van der Waals surface area contributed by atoms with Crippen LogP contribution in [-0.4, -0.2) is 83.7 Å². The molecule has 71 heavy (non-hydrogen) atoms. The van der Waals surface area contributed by atoms with Crippen molar-refractivity contribution in [3.63, 3.8) is 0 Å². The summed E-state index contributed by atoms with van der Waals surface area (Å²) in [5.74, 6) is 1.70. The van der Waals surface area contributed by atoms with E-state index >= 15 is 0 Å². The van der Waals surface area contributed by atoms with E-state index in [0.29, 0.717) is 34.1 Å². The molecule has 1 N–H and O–H groups in total. The minimum Gasteiger partial charge on any atom is -0.497 e. The van der Waals surface area contributed by atoms with Crippen LogP contribution in [0.25, 0.3) is 11.2 Å². The molecular formula is C54H64N5O8PS2Si. The van der Waals surface area contributed by atoms with Crippen molar-refractivity contribution in [1.29, 1.82) is 0 Å². The normalized spacial score (nSPS) is 25.7. The van der Waals surface area contributed by atoms with E-state index in [1.54, 1.807) is 44.1 Å². The lowest BCUT2D eigenvalue weighted by molar-refractivity contribution is -0.0920. The second kappa shape index (κ2) is 20.3. The molecule has 3 fully saturated rings. The van der Waals surface area contributed by atoms with Gasteiger partial charge in [-0.05, 0) is 122 Å². The number of carbonyl (C=O) groups is 1. The van der Waals surface area contributed by atoms with Crippen LogP contribution in [0, 0.1) is 5.92 Å². The maximum Gasteiger partial charge on any atom is 0.256 e. The molecule has 1 amide bonds. The molecule has 1 saturated carbocycles. The second-order valence-corrected chi connectivity index (χ2v) is 31.7. The Balaban J connectivity index is 1.18. The summed E-state index contributed by atoms with van der Waals surface area (Å²) in [6, 6.07) is 35.0. The molecule has 2 aromatic heterocycles. The Morgan fingerprint density at radius 1 is 0.901 bits per heavy atom. The van der Waals surface area contributed by atoms with Gasteiger partial charge in [-0.25, -0.2) is 15.0 Å². The fourth-order valence-corrected chi connectivity index (χ4v) is 18.4. The van der Waals surface area contributed by atoms with Crippen molar-refractivity contribution >= 4 is 60.1 Å². The number of allylic oxidation sites excluding steroid dienone is 1. The highest BCUT2D eigenvalue weighted by Crippen LogP contribution is 2.76. The maximum atomic E-state index is 13.5. The van der Waals surface area contributed by atoms with Crippen molar-refractivity contribution in [3.8, 4) is 11.5 Å². The van der Waals surface area contributed by atoms with Gasteiger partial charge >= 0.3 is 0 Å². The van der Waals surface area contributed by atoms with Crippen LogP contribution in [0.5, 0.6) is 11.5 Å². The van der Waals surface area contributed by atoms with Crippen molar-refractivity contribution in [2.24, 2.45) is 5.92 Å². The van der Waals surface area contributed by atoms with Gasteiger partial charge in [0.2, 0.25) is 5.69 Å². The average molecular weight is 1030 g/mol. The van der Waals surface area contributed by atoms with Crippen molar-refractivity contribution in [1.82, 2.24) is 19.5 Å². The fourth-order valence-electron chi connectivity index (χ4n) is 9.60. The Kier molecular flexibility index (Phi) is 14.6. The van der Waals surface area contributed by atoms with Crippen LogP contribution >= 0.6 is 17.1 Å². The number of hydrogen-bond acceptors (Lipinski definition) is 13. The zero-order valence-corrected chi connectivity index (χ0v) is 45.4. The van der Waals surface area contributed by atoms with Gasteiger partial charge in [0.15, 0.2) is 31.5 Å². The zero-order valence-electron chi connectivity index (χ0n) is 41.9. The van der Waals surface area contributed by atoms with E-state index in [0.717, 1.165) is 41.5 Å². The number of aromatic nitrogens is 4. The first-order valence-electron chi connectivity index (χ1n) is 24.1. The molecule has 3 aliphatic rings. The third-order valence-corrected chi connectivity index (χ3v) is 25.0. The van der Waals surface area contributed by atoms with Gasteiger partial charge < -0.3 is 37.7 Å². The van der Waals surface area contributed by atoms with Gasteiger partial charge in [-0.1, -0.05) is 117 Å². The average Bonchev–Trinajstić information content (AvgIpc) is 4.02. The molecule has 8 atom stereocenters. The molecule has 2 saturated heterocycles. The minimum atomic E-state index is -3.09. The van der Waals surface area contributed by atoms with Crippen LogP contribution in [0.15, 0.2) is 134 Å². The van der Waals surface area contributed by atoms with Crippen LogP contribution in [0.2, 0.25) is 18.1 Å². The first kappa shape index (κ1) is 51.2. The van der Waals surface area contributed by atoms with Gasteiger partial charge in [-0.15, -0.1) is 0 Å². The largest absolute Gasteiger partial charge is 0.497 e. The molecule has 0 spiro atoms. The van der Waals surface area contributed by atoms with Crippen molar-refractivity contribution in [3.05, 3.63) is 156 Å². The predicted molar refractivity (Wildman–Crippen MR) is 286 cm³/mol. The Bertz CT molecular complexity index is 2860. The molecule has 0 radical (unpaired) electrons. The second-order valence-electron chi connectivity index (χ2n) is 20.4. The number of methoxy groups -OCH3 is 2. The van der Waals surface area contributed by atoms with E-state index in [1.807, 2.05) is 89.5 Å². The van der Waals surface area contributed by atoms with Crippen LogP contribution in [0.3, 0.4) is 0 Å². The summed E-state index contributed by atoms with van der Waals surface area (Å²) in [5, 5.41) is 2.74. The summed E-state index contributed by atoms with van der Waals surface area (Å²) in [6.07, 6.45) is 2.54. The van der Waals surface area contributed by atoms with E-state index < -0.39 is 44.2 Å². The van der Waals surface area contributed by atoms with Crippen molar-refractivity contribution in [2.45, 2.75) is 113 Å². The van der Waals surface area contributed by atoms with Gasteiger partial charge in [-0.2, -0.15) is 0 Å². The molecule has 13 nitrogen and oxygen atoms in total. The number of carbonyl (C=O) groups excluding carboxylic acids is 1. The number of rotatable bonds is 16. The minimum absolute atomic E-state index is 0.0178. The van der Waals surface area contributed by atoms with Gasteiger partial charge in [-0.3, -0.25) is 9.36 Å². The molecule has 17 heteroatoms. The Labute approximate surface area is 427 Å². The summed E-state index contributed by atoms with van der Waals surface area (Å²) in [4.78, 5) is 27.5. The molecule has 1 aliphatic carbocycles. The monoisotopic (exact) mass is 1030 g/mol. The molecular weight excluding hydrogens is 970 g/mol. The molecule has 0 bridgehead atoms. The summed E-state index contributed by atoms with van der Waals surface area (Å²) < 4.78 is 50.0. The van der Waals surface area contributed by atoms with Crippen LogP contribution in [-0.2, 0) is 40.4 Å². The lowest BCUT2D eigenvalue weighted by Gasteiger charge is -2.41. The standard InChI is InChI=1S/C54H64N5O8PS2Si/c1-35(2)37-29-30-53(6)44(31-37)65-68(69,70-53)66-46-43(32-63-54(38-19-15-12-16-20-38,39-21-25-41(61-7)26-22-39)40-23-27-42(62-8)28-24-40)64-51(47(46)67-71(9,10)52(3,4)5)59-34-57-45-48(55-33-56-49(45)59)58-50(60)36-17-13-11-14-18-36/h11-28,33-34,37,43-44,46-47,51H,1,29-32H2,2-10H3,(H,55,56,58,60)/t37-,43+,44+,46+,47+,51+,53+,68+/m0/s1. The van der Waals surface area contributed by atoms with Crippen LogP contribution < -0.4 is 14.8 Å². The van der Waals surface area contributed by atoms with E-state index in [9.17, 15) is 4.79 Å². The molecule has 9 rings (SSSR count). The Hall–Kier alpha value is -4.74. The lowest BCUT2D eigenvalue weighted by Crippen LogP contribution is -2.49. The molecule has 6 aromatic rings. The number of amides is 1. The molecule has 4 heterocycles. The van der Waals surface area contributed by atoms with E-state index in [-0.39, 0.29) is 34.2 Å². The number of hydrogen-bond donors (Lipinski definition) is 1. The zero-order chi connectivity index (χ0) is 50.3. The first-order chi connectivity index (χ1) is 33.9. The fraction of sp³-hybridized carbons (Fsp3) is 0.407. The smallest absolute Gasteiger partial charge is 0.256 e. The maximum absolute atomic E-state index is 13.5. The SMILES string of the molecule is C=C(C)[C@H]1CC[C@@]2(C)S[P@@](=S)(O[C@H]3[C@@H](O[Si](C)(C)C(C)(C)C)[C@H](n4cnc5c(NC(=O)c6ccccc6)ncnc54)O[C@@H]3COC(c3ccccc3)(c3ccc(OC)cc3)c3ccc(OC)cc3)O[C@@H]2C1.